The van der Waals surface area contributed by atoms with Crippen molar-refractivity contribution in [1.29, 1.82) is 0 Å². The molecule has 0 aromatic rings. The van der Waals surface area contributed by atoms with Gasteiger partial charge in [0, 0.05) is 0 Å². The molecule has 0 atom stereocenters. The van der Waals surface area contributed by atoms with E-state index >= 15 is 0 Å². The van der Waals surface area contributed by atoms with Crippen LogP contribution in [-0.2, 0) is 4.79 Å². The van der Waals surface area contributed by atoms with Crippen LogP contribution in [-0.4, -0.2) is 10.2 Å². The van der Waals surface area contributed by atoms with Crippen molar-refractivity contribution in [3.05, 3.63) is 23.1 Å². The number of carbonyl (C=O) groups is 1. The maximum atomic E-state index is 11.0. The van der Waals surface area contributed by atoms with Gasteiger partial charge in [0.1, 0.15) is 4.32 Å². The largest absolute Gasteiger partial charge is 0.307 e. The first-order valence-corrected chi connectivity index (χ1v) is 4.32. The summed E-state index contributed by atoms with van der Waals surface area (Å²) in [6.07, 6.45) is 5.43. The van der Waals surface area contributed by atoms with Crippen LogP contribution in [0, 0.1) is 0 Å². The molecule has 0 unspecified atom stereocenters. The van der Waals surface area contributed by atoms with Crippen LogP contribution in [0.5, 0.6) is 0 Å². The number of rotatable bonds is 1. The summed E-state index contributed by atoms with van der Waals surface area (Å²) in [5.74, 6) is -0.0990. The second-order valence-electron chi connectivity index (χ2n) is 1.90. The molecule has 58 valence electrons. The van der Waals surface area contributed by atoms with Crippen molar-refractivity contribution >= 4 is 34.2 Å². The summed E-state index contributed by atoms with van der Waals surface area (Å²) in [6, 6.07) is 0. The molecule has 1 rings (SSSR count). The lowest BCUT2D eigenvalue weighted by Crippen LogP contribution is -2.17. The zero-order chi connectivity index (χ0) is 8.27. The average Bonchev–Trinajstić information content (AvgIpc) is 2.26. The standard InChI is InChI=1S/C7H7NOS2/c1-2-3-4-5-6(9)8-7(10)11-5/h2-4H,1H3,(H,8,9,10)/b3-2+,5-4+. The van der Waals surface area contributed by atoms with E-state index in [1.807, 2.05) is 19.1 Å². The minimum Gasteiger partial charge on any atom is -0.307 e. The molecule has 0 bridgehead atoms. The van der Waals surface area contributed by atoms with Gasteiger partial charge in [-0.3, -0.25) is 4.79 Å². The average molecular weight is 185 g/mol. The molecular weight excluding hydrogens is 178 g/mol. The van der Waals surface area contributed by atoms with Crippen LogP contribution >= 0.6 is 24.0 Å². The molecule has 1 aliphatic heterocycles. The number of nitrogens with one attached hydrogen (secondary N) is 1. The van der Waals surface area contributed by atoms with Crippen molar-refractivity contribution in [2.24, 2.45) is 0 Å². The Bertz CT molecular complexity index is 255. The second kappa shape index (κ2) is 3.69. The SMILES string of the molecule is C/C=C/C=C1/SC(=S)NC1=O. The van der Waals surface area contributed by atoms with Crippen LogP contribution in [0.25, 0.3) is 0 Å². The highest BCUT2D eigenvalue weighted by Gasteiger charge is 2.20. The summed E-state index contributed by atoms with van der Waals surface area (Å²) < 4.78 is 0.533. The Kier molecular flexibility index (Phi) is 2.84. The van der Waals surface area contributed by atoms with Gasteiger partial charge in [-0.05, 0) is 13.0 Å². The monoisotopic (exact) mass is 185 g/mol. The van der Waals surface area contributed by atoms with E-state index in [0.29, 0.717) is 9.23 Å². The molecule has 4 heteroatoms. The van der Waals surface area contributed by atoms with Crippen LogP contribution in [0.3, 0.4) is 0 Å². The Morgan fingerprint density at radius 2 is 2.36 bits per heavy atom. The lowest BCUT2D eigenvalue weighted by atomic mass is 10.4. The summed E-state index contributed by atoms with van der Waals surface area (Å²) >= 11 is 6.08. The maximum Gasteiger partial charge on any atom is 0.263 e. The predicted octanol–water partition coefficient (Wildman–Crippen LogP) is 1.59. The van der Waals surface area contributed by atoms with Gasteiger partial charge in [0.2, 0.25) is 0 Å². The molecule has 1 amide bonds. The second-order valence-corrected chi connectivity index (χ2v) is 3.62. The van der Waals surface area contributed by atoms with Gasteiger partial charge in [-0.15, -0.1) is 0 Å². The predicted molar refractivity (Wildman–Crippen MR) is 51.2 cm³/mol. The fourth-order valence-electron chi connectivity index (χ4n) is 0.619. The van der Waals surface area contributed by atoms with Gasteiger partial charge in [-0.1, -0.05) is 36.1 Å². The molecule has 0 radical (unpaired) electrons. The minimum absolute atomic E-state index is 0.0990. The quantitative estimate of drug-likeness (QED) is 0.497. The molecule has 1 fully saturated rings. The molecule has 0 saturated carbocycles. The Morgan fingerprint density at radius 1 is 1.64 bits per heavy atom. The number of hydrogen-bond acceptors (Lipinski definition) is 3. The molecule has 11 heavy (non-hydrogen) atoms. The van der Waals surface area contributed by atoms with Gasteiger partial charge in [0.25, 0.3) is 5.91 Å². The molecule has 1 heterocycles. The molecule has 0 aliphatic carbocycles. The van der Waals surface area contributed by atoms with Gasteiger partial charge in [0.05, 0.1) is 4.91 Å². The number of hydrogen-bond donors (Lipinski definition) is 1. The third-order valence-electron chi connectivity index (χ3n) is 1.08. The summed E-state index contributed by atoms with van der Waals surface area (Å²) in [7, 11) is 0. The molecule has 0 aromatic heterocycles. The fraction of sp³-hybridized carbons (Fsp3) is 0.143. The number of carbonyl (C=O) groups excluding carboxylic acids is 1. The van der Waals surface area contributed by atoms with E-state index in [1.165, 1.54) is 11.8 Å². The molecule has 1 aliphatic rings. The summed E-state index contributed by atoms with van der Waals surface area (Å²) in [4.78, 5) is 11.6. The van der Waals surface area contributed by atoms with E-state index in [4.69, 9.17) is 12.2 Å². The highest BCUT2D eigenvalue weighted by molar-refractivity contribution is 8.26. The van der Waals surface area contributed by atoms with Crippen LogP contribution in [0.15, 0.2) is 23.1 Å². The fourth-order valence-corrected chi connectivity index (χ4v) is 1.62. The molecule has 1 N–H and O–H groups in total. The lowest BCUT2D eigenvalue weighted by molar-refractivity contribution is -0.115. The van der Waals surface area contributed by atoms with Crippen molar-refractivity contribution in [1.82, 2.24) is 5.32 Å². The third kappa shape index (κ3) is 2.17. The first-order valence-electron chi connectivity index (χ1n) is 3.10. The Morgan fingerprint density at radius 3 is 2.82 bits per heavy atom. The number of amides is 1. The Hall–Kier alpha value is -0.610. The van der Waals surface area contributed by atoms with E-state index in [1.54, 1.807) is 6.08 Å². The molecule has 1 saturated heterocycles. The third-order valence-corrected chi connectivity index (χ3v) is 2.26. The Balaban J connectivity index is 2.74. The van der Waals surface area contributed by atoms with Crippen molar-refractivity contribution in [3.8, 4) is 0 Å². The molecule has 0 aromatic carbocycles. The lowest BCUT2D eigenvalue weighted by Gasteiger charge is -1.84. The van der Waals surface area contributed by atoms with Crippen molar-refractivity contribution < 1.29 is 4.79 Å². The van der Waals surface area contributed by atoms with Gasteiger partial charge in [-0.2, -0.15) is 0 Å². The van der Waals surface area contributed by atoms with Crippen molar-refractivity contribution in [2.45, 2.75) is 6.92 Å². The maximum absolute atomic E-state index is 11.0. The summed E-state index contributed by atoms with van der Waals surface area (Å²) in [6.45, 7) is 1.90. The Labute approximate surface area is 74.7 Å². The van der Waals surface area contributed by atoms with Crippen LogP contribution in [0.2, 0.25) is 0 Å². The number of allylic oxidation sites excluding steroid dienone is 3. The van der Waals surface area contributed by atoms with E-state index in [2.05, 4.69) is 5.32 Å². The van der Waals surface area contributed by atoms with E-state index < -0.39 is 0 Å². The number of thiocarbonyl (C=S) groups is 1. The first kappa shape index (κ1) is 8.49. The van der Waals surface area contributed by atoms with Crippen LogP contribution < -0.4 is 5.32 Å². The molecule has 0 spiro atoms. The van der Waals surface area contributed by atoms with Crippen molar-refractivity contribution in [2.75, 3.05) is 0 Å². The highest BCUT2D eigenvalue weighted by atomic mass is 32.2. The summed E-state index contributed by atoms with van der Waals surface area (Å²) in [5.41, 5.74) is 0. The van der Waals surface area contributed by atoms with Crippen LogP contribution in [0.1, 0.15) is 6.92 Å². The van der Waals surface area contributed by atoms with Gasteiger partial charge in [0.15, 0.2) is 0 Å². The highest BCUT2D eigenvalue weighted by Crippen LogP contribution is 2.22. The smallest absolute Gasteiger partial charge is 0.263 e. The molecular formula is C7H7NOS2. The topological polar surface area (TPSA) is 29.1 Å². The normalized spacial score (nSPS) is 21.7. The zero-order valence-corrected chi connectivity index (χ0v) is 7.59. The minimum atomic E-state index is -0.0990. The zero-order valence-electron chi connectivity index (χ0n) is 5.96. The van der Waals surface area contributed by atoms with Gasteiger partial charge < -0.3 is 5.32 Å². The van der Waals surface area contributed by atoms with E-state index in [0.717, 1.165) is 0 Å². The molecule has 2 nitrogen and oxygen atoms in total. The van der Waals surface area contributed by atoms with Gasteiger partial charge in [-0.25, -0.2) is 0 Å². The summed E-state index contributed by atoms with van der Waals surface area (Å²) in [5, 5.41) is 2.53. The van der Waals surface area contributed by atoms with E-state index in [-0.39, 0.29) is 5.91 Å². The first-order chi connectivity index (χ1) is 5.24. The van der Waals surface area contributed by atoms with Crippen LogP contribution in [0.4, 0.5) is 0 Å². The number of thioether (sulfide) groups is 1. The van der Waals surface area contributed by atoms with E-state index in [9.17, 15) is 4.79 Å². The van der Waals surface area contributed by atoms with Gasteiger partial charge >= 0.3 is 0 Å². The van der Waals surface area contributed by atoms with Crippen molar-refractivity contribution in [3.63, 3.8) is 0 Å².